The molecule has 204 valence electrons. The van der Waals surface area contributed by atoms with Crippen LogP contribution < -0.4 is 9.47 Å². The molecule has 0 saturated heterocycles. The Balaban J connectivity index is 1.28. The van der Waals surface area contributed by atoms with Crippen LogP contribution in [0.5, 0.6) is 11.5 Å². The fourth-order valence-electron chi connectivity index (χ4n) is 7.69. The summed E-state index contributed by atoms with van der Waals surface area (Å²) >= 11 is 0. The lowest BCUT2D eigenvalue weighted by Crippen LogP contribution is -2.39. The third-order valence-electron chi connectivity index (χ3n) is 9.50. The first-order chi connectivity index (χ1) is 19.2. The van der Waals surface area contributed by atoms with Gasteiger partial charge in [0.05, 0.1) is 6.10 Å². The number of ether oxygens (including phenoxy) is 2. The first-order valence-electron chi connectivity index (χ1n) is 15.2. The van der Waals surface area contributed by atoms with Gasteiger partial charge in [-0.25, -0.2) is 0 Å². The maximum atomic E-state index is 12.7. The summed E-state index contributed by atoms with van der Waals surface area (Å²) in [6.45, 7) is 2.72. The second-order valence-corrected chi connectivity index (χ2v) is 12.1. The minimum Gasteiger partial charge on any atom is -0.491 e. The predicted molar refractivity (Wildman–Crippen MR) is 156 cm³/mol. The molecule has 5 atom stereocenters. The molecule has 0 spiro atoms. The van der Waals surface area contributed by atoms with E-state index in [-0.39, 0.29) is 12.0 Å². The van der Waals surface area contributed by atoms with E-state index in [2.05, 4.69) is 73.7 Å². The third-order valence-corrected chi connectivity index (χ3v) is 9.50. The van der Waals surface area contributed by atoms with Crippen LogP contribution in [0.15, 0.2) is 72.8 Å². The van der Waals surface area contributed by atoms with E-state index < -0.39 is 0 Å². The van der Waals surface area contributed by atoms with Crippen molar-refractivity contribution in [3.63, 3.8) is 0 Å². The van der Waals surface area contributed by atoms with Gasteiger partial charge in [-0.15, -0.1) is 0 Å². The van der Waals surface area contributed by atoms with Gasteiger partial charge in [-0.05, 0) is 91.9 Å². The highest BCUT2D eigenvalue weighted by molar-refractivity contribution is 5.81. The zero-order valence-electron chi connectivity index (χ0n) is 23.3. The molecular weight excluding hydrogens is 480 g/mol. The highest BCUT2D eigenvalue weighted by Gasteiger charge is 2.47. The van der Waals surface area contributed by atoms with Crippen LogP contribution in [0, 0.1) is 11.8 Å². The fraction of sp³-hybridized carbons (Fsp3) is 0.472. The number of carbonyl (C=O) groups is 1. The average molecular weight is 523 g/mol. The molecule has 0 heterocycles. The molecular formula is C36H42O3. The number of ketones is 1. The number of rotatable bonds is 9. The Labute approximate surface area is 233 Å². The lowest BCUT2D eigenvalue weighted by molar-refractivity contribution is -0.122. The Morgan fingerprint density at radius 3 is 2.36 bits per heavy atom. The topological polar surface area (TPSA) is 35.5 Å². The number of hydrogen-bond acceptors (Lipinski definition) is 3. The Kier molecular flexibility index (Phi) is 8.04. The van der Waals surface area contributed by atoms with Crippen LogP contribution in [0.1, 0.15) is 98.8 Å². The lowest BCUT2D eigenvalue weighted by Gasteiger charge is -2.49. The molecule has 3 aliphatic carbocycles. The minimum absolute atomic E-state index is 0.128. The summed E-state index contributed by atoms with van der Waals surface area (Å²) in [6, 6.07) is 25.6. The third kappa shape index (κ3) is 5.93. The van der Waals surface area contributed by atoms with E-state index >= 15 is 0 Å². The van der Waals surface area contributed by atoms with Crippen molar-refractivity contribution in [1.82, 2.24) is 0 Å². The normalized spacial score (nSPS) is 24.7. The molecule has 0 amide bonds. The minimum atomic E-state index is 0.128. The summed E-state index contributed by atoms with van der Waals surface area (Å²) in [5, 5.41) is 0. The Morgan fingerprint density at radius 2 is 1.56 bits per heavy atom. The molecule has 6 rings (SSSR count). The zero-order chi connectivity index (χ0) is 26.6. The number of benzene rings is 3. The number of Topliss-reactive ketones (excluding diaryl/α,β-unsaturated/α-hetero) is 1. The zero-order valence-corrected chi connectivity index (χ0v) is 23.3. The summed E-state index contributed by atoms with van der Waals surface area (Å²) in [4.78, 5) is 12.7. The molecule has 3 aliphatic rings. The summed E-state index contributed by atoms with van der Waals surface area (Å²) < 4.78 is 13.2. The van der Waals surface area contributed by atoms with Crippen molar-refractivity contribution in [2.75, 3.05) is 0 Å². The summed E-state index contributed by atoms with van der Waals surface area (Å²) in [5.41, 5.74) is 5.27. The monoisotopic (exact) mass is 522 g/mol. The molecule has 3 nitrogen and oxygen atoms in total. The second kappa shape index (κ2) is 12.0. The van der Waals surface area contributed by atoms with Crippen LogP contribution in [-0.4, -0.2) is 11.9 Å². The first kappa shape index (κ1) is 26.2. The number of carbonyl (C=O) groups excluding carboxylic acids is 1. The molecule has 0 aromatic heterocycles. The van der Waals surface area contributed by atoms with Gasteiger partial charge in [0.15, 0.2) is 0 Å². The molecule has 0 bridgehead atoms. The van der Waals surface area contributed by atoms with Crippen molar-refractivity contribution in [3.8, 4) is 11.5 Å². The largest absolute Gasteiger partial charge is 0.491 e. The Morgan fingerprint density at radius 1 is 0.846 bits per heavy atom. The van der Waals surface area contributed by atoms with Crippen molar-refractivity contribution in [3.05, 3.63) is 95.1 Å². The van der Waals surface area contributed by atoms with Gasteiger partial charge in [0.1, 0.15) is 23.9 Å². The molecule has 3 aromatic rings. The highest BCUT2D eigenvalue weighted by atomic mass is 16.5. The van der Waals surface area contributed by atoms with Crippen LogP contribution in [0.3, 0.4) is 0 Å². The molecule has 0 radical (unpaired) electrons. The molecule has 39 heavy (non-hydrogen) atoms. The van der Waals surface area contributed by atoms with Gasteiger partial charge >= 0.3 is 0 Å². The van der Waals surface area contributed by atoms with E-state index in [0.29, 0.717) is 36.6 Å². The summed E-state index contributed by atoms with van der Waals surface area (Å²) in [6.07, 6.45) is 10.9. The molecule has 2 saturated carbocycles. The smallest absolute Gasteiger partial charge is 0.133 e. The number of hydrogen-bond donors (Lipinski definition) is 0. The Hall–Kier alpha value is -3.07. The van der Waals surface area contributed by atoms with Crippen LogP contribution in [0.4, 0.5) is 0 Å². The SMILES string of the molecule is CC(CCCc1ccccc1)Oc1cc(OCc2ccccc2)c2c(c1)C1CCCCC1C1CCC(=O)CC21. The van der Waals surface area contributed by atoms with E-state index in [4.69, 9.17) is 9.47 Å². The number of fused-ring (bicyclic) bond motifs is 6. The van der Waals surface area contributed by atoms with Crippen LogP contribution in [-0.2, 0) is 17.8 Å². The van der Waals surface area contributed by atoms with Crippen molar-refractivity contribution in [1.29, 1.82) is 0 Å². The van der Waals surface area contributed by atoms with Gasteiger partial charge in [-0.2, -0.15) is 0 Å². The van der Waals surface area contributed by atoms with E-state index in [1.165, 1.54) is 42.4 Å². The van der Waals surface area contributed by atoms with E-state index in [1.807, 2.05) is 6.07 Å². The molecule has 3 heteroatoms. The van der Waals surface area contributed by atoms with Crippen molar-refractivity contribution in [2.24, 2.45) is 11.8 Å². The van der Waals surface area contributed by atoms with Gasteiger partial charge in [0.2, 0.25) is 0 Å². The van der Waals surface area contributed by atoms with Crippen LogP contribution in [0.25, 0.3) is 0 Å². The molecule has 5 unspecified atom stereocenters. The standard InChI is InChI=1S/C36H42O3/c1-25(11-10-16-26-12-4-2-5-13-26)39-29-22-34-31-18-9-8-17-30(31)32-20-19-28(37)21-33(32)36(34)35(23-29)38-24-27-14-6-3-7-15-27/h2-7,12-15,22-23,25,30-33H,8-11,16-21,24H2,1H3. The number of aryl methyl sites for hydroxylation is 1. The lowest BCUT2D eigenvalue weighted by atomic mass is 9.55. The summed E-state index contributed by atoms with van der Waals surface area (Å²) in [5.74, 6) is 4.40. The van der Waals surface area contributed by atoms with E-state index in [9.17, 15) is 4.79 Å². The van der Waals surface area contributed by atoms with Gasteiger partial charge in [-0.3, -0.25) is 4.79 Å². The molecule has 0 N–H and O–H groups in total. The van der Waals surface area contributed by atoms with Crippen molar-refractivity contribution >= 4 is 5.78 Å². The highest BCUT2D eigenvalue weighted by Crippen LogP contribution is 2.59. The van der Waals surface area contributed by atoms with Crippen LogP contribution >= 0.6 is 0 Å². The predicted octanol–water partition coefficient (Wildman–Crippen LogP) is 8.80. The maximum absolute atomic E-state index is 12.7. The van der Waals surface area contributed by atoms with Gasteiger partial charge in [0, 0.05) is 24.5 Å². The quantitative estimate of drug-likeness (QED) is 0.282. The first-order valence-corrected chi connectivity index (χ1v) is 15.2. The molecule has 0 aliphatic heterocycles. The second-order valence-electron chi connectivity index (χ2n) is 12.1. The average Bonchev–Trinajstić information content (AvgIpc) is 2.97. The Bertz CT molecular complexity index is 1250. The molecule has 2 fully saturated rings. The van der Waals surface area contributed by atoms with E-state index in [1.54, 1.807) is 0 Å². The molecule has 3 aromatic carbocycles. The van der Waals surface area contributed by atoms with Crippen molar-refractivity contribution in [2.45, 2.75) is 95.7 Å². The van der Waals surface area contributed by atoms with Crippen molar-refractivity contribution < 1.29 is 14.3 Å². The van der Waals surface area contributed by atoms with Gasteiger partial charge < -0.3 is 9.47 Å². The van der Waals surface area contributed by atoms with E-state index in [0.717, 1.165) is 49.2 Å². The maximum Gasteiger partial charge on any atom is 0.133 e. The fourth-order valence-corrected chi connectivity index (χ4v) is 7.69. The van der Waals surface area contributed by atoms with Crippen LogP contribution in [0.2, 0.25) is 0 Å². The summed E-state index contributed by atoms with van der Waals surface area (Å²) in [7, 11) is 0. The van der Waals surface area contributed by atoms with Gasteiger partial charge in [0.25, 0.3) is 0 Å². The van der Waals surface area contributed by atoms with Gasteiger partial charge in [-0.1, -0.05) is 73.5 Å².